The summed E-state index contributed by atoms with van der Waals surface area (Å²) in [7, 11) is 1.92. The average Bonchev–Trinajstić information content (AvgIpc) is 2.89. The van der Waals surface area contributed by atoms with Crippen LogP contribution in [0.1, 0.15) is 9.67 Å². The molecule has 0 saturated heterocycles. The summed E-state index contributed by atoms with van der Waals surface area (Å²) in [6.45, 7) is 0. The number of rotatable bonds is 2. The predicted octanol–water partition coefficient (Wildman–Crippen LogP) is 1.61. The summed E-state index contributed by atoms with van der Waals surface area (Å²) in [5, 5.41) is 0. The number of aryl methyl sites for hydroxylation is 1. The van der Waals surface area contributed by atoms with Crippen LogP contribution in [0.2, 0.25) is 0 Å². The first-order valence-electron chi connectivity index (χ1n) is 4.68. The van der Waals surface area contributed by atoms with Crippen LogP contribution in [0.25, 0.3) is 16.3 Å². The minimum atomic E-state index is 0.680. The molecule has 80 valence electrons. The van der Waals surface area contributed by atoms with Crippen molar-refractivity contribution in [3.63, 3.8) is 0 Å². The topological polar surface area (TPSA) is 52.2 Å². The van der Waals surface area contributed by atoms with Gasteiger partial charge in [0.25, 0.3) is 0 Å². The first-order valence-corrected chi connectivity index (χ1v) is 5.50. The van der Waals surface area contributed by atoms with Crippen LogP contribution in [0.5, 0.6) is 0 Å². The molecule has 3 aromatic rings. The lowest BCUT2D eigenvalue weighted by atomic mass is 10.3. The van der Waals surface area contributed by atoms with Gasteiger partial charge in [-0.15, -0.1) is 0 Å². The van der Waals surface area contributed by atoms with Gasteiger partial charge in [-0.3, -0.25) is 9.20 Å². The van der Waals surface area contributed by atoms with Crippen molar-refractivity contribution in [1.82, 2.24) is 18.9 Å². The normalized spacial score (nSPS) is 11.1. The molecule has 0 spiro atoms. The summed E-state index contributed by atoms with van der Waals surface area (Å²) in [6.07, 6.45) is 8.02. The van der Waals surface area contributed by atoms with Gasteiger partial charge in [-0.05, 0) is 0 Å². The lowest BCUT2D eigenvalue weighted by Gasteiger charge is -1.95. The Bertz CT molecular complexity index is 632. The molecule has 5 nitrogen and oxygen atoms in total. The van der Waals surface area contributed by atoms with Crippen LogP contribution in [-0.4, -0.2) is 25.2 Å². The fourth-order valence-electron chi connectivity index (χ4n) is 1.60. The van der Waals surface area contributed by atoms with Crippen LogP contribution in [0.4, 0.5) is 0 Å². The van der Waals surface area contributed by atoms with E-state index in [1.165, 1.54) is 11.3 Å². The third-order valence-electron chi connectivity index (χ3n) is 2.37. The summed E-state index contributed by atoms with van der Waals surface area (Å²) in [6, 6.07) is 0. The van der Waals surface area contributed by atoms with Crippen LogP contribution >= 0.6 is 11.3 Å². The van der Waals surface area contributed by atoms with Crippen molar-refractivity contribution in [1.29, 1.82) is 0 Å². The molecule has 3 rings (SSSR count). The Kier molecular flexibility index (Phi) is 1.90. The maximum atomic E-state index is 10.6. The minimum absolute atomic E-state index is 0.680. The third kappa shape index (κ3) is 1.27. The van der Waals surface area contributed by atoms with Gasteiger partial charge in [0.1, 0.15) is 5.69 Å². The van der Waals surface area contributed by atoms with E-state index in [1.54, 1.807) is 18.7 Å². The van der Waals surface area contributed by atoms with Gasteiger partial charge in [-0.2, -0.15) is 0 Å². The van der Waals surface area contributed by atoms with E-state index in [2.05, 4.69) is 9.97 Å². The Hall–Kier alpha value is -1.95. The highest BCUT2D eigenvalue weighted by atomic mass is 32.1. The molecule has 0 radical (unpaired) electrons. The number of aldehydes is 1. The van der Waals surface area contributed by atoms with E-state index >= 15 is 0 Å². The molecule has 0 N–H and O–H groups in total. The van der Waals surface area contributed by atoms with Gasteiger partial charge < -0.3 is 4.57 Å². The highest BCUT2D eigenvalue weighted by Crippen LogP contribution is 2.22. The van der Waals surface area contributed by atoms with Gasteiger partial charge in [0.2, 0.25) is 0 Å². The molecule has 0 aromatic carbocycles. The lowest BCUT2D eigenvalue weighted by molar-refractivity contribution is 0.112. The monoisotopic (exact) mass is 232 g/mol. The molecule has 0 aliphatic carbocycles. The van der Waals surface area contributed by atoms with E-state index in [9.17, 15) is 4.79 Å². The Balaban J connectivity index is 2.16. The summed E-state index contributed by atoms with van der Waals surface area (Å²) >= 11 is 1.38. The zero-order chi connectivity index (χ0) is 11.1. The van der Waals surface area contributed by atoms with E-state index in [1.807, 2.05) is 22.2 Å². The highest BCUT2D eigenvalue weighted by molar-refractivity contribution is 7.18. The highest BCUT2D eigenvalue weighted by Gasteiger charge is 2.09. The molecule has 6 heteroatoms. The SMILES string of the molecule is Cn1cncc1-c1cn2cc(C=O)sc2n1. The molecule has 16 heavy (non-hydrogen) atoms. The molecule has 3 heterocycles. The second-order valence-corrected chi connectivity index (χ2v) is 4.50. The number of nitrogens with zero attached hydrogens (tertiary/aromatic N) is 4. The van der Waals surface area contributed by atoms with Crippen molar-refractivity contribution in [2.75, 3.05) is 0 Å². The average molecular weight is 232 g/mol. The molecule has 0 aliphatic rings. The van der Waals surface area contributed by atoms with Gasteiger partial charge in [0.15, 0.2) is 11.2 Å². The zero-order valence-electron chi connectivity index (χ0n) is 8.49. The number of carbonyl (C=O) groups excluding carboxylic acids is 1. The zero-order valence-corrected chi connectivity index (χ0v) is 9.31. The second-order valence-electron chi connectivity index (χ2n) is 3.46. The molecule has 0 aliphatic heterocycles. The van der Waals surface area contributed by atoms with Crippen molar-refractivity contribution in [2.45, 2.75) is 0 Å². The molecular formula is C10H8N4OS. The van der Waals surface area contributed by atoms with Crippen molar-refractivity contribution in [3.8, 4) is 11.4 Å². The summed E-state index contributed by atoms with van der Waals surface area (Å²) in [5.74, 6) is 0. The Labute approximate surface area is 95.0 Å². The van der Waals surface area contributed by atoms with Gasteiger partial charge in [-0.25, -0.2) is 9.97 Å². The molecule has 0 amide bonds. The van der Waals surface area contributed by atoms with E-state index in [0.717, 1.165) is 22.6 Å². The van der Waals surface area contributed by atoms with Crippen molar-refractivity contribution in [3.05, 3.63) is 29.8 Å². The van der Waals surface area contributed by atoms with E-state index in [-0.39, 0.29) is 0 Å². The summed E-state index contributed by atoms with van der Waals surface area (Å²) < 4.78 is 3.77. The molecule has 0 unspecified atom stereocenters. The Morgan fingerprint density at radius 2 is 2.31 bits per heavy atom. The van der Waals surface area contributed by atoms with Gasteiger partial charge in [-0.1, -0.05) is 11.3 Å². The maximum Gasteiger partial charge on any atom is 0.194 e. The largest absolute Gasteiger partial charge is 0.332 e. The van der Waals surface area contributed by atoms with E-state index < -0.39 is 0 Å². The third-order valence-corrected chi connectivity index (χ3v) is 3.29. The number of carbonyl (C=O) groups is 1. The van der Waals surface area contributed by atoms with Gasteiger partial charge in [0.05, 0.1) is 23.1 Å². The van der Waals surface area contributed by atoms with Gasteiger partial charge >= 0.3 is 0 Å². The van der Waals surface area contributed by atoms with E-state index in [0.29, 0.717) is 4.88 Å². The predicted molar refractivity (Wildman–Crippen MR) is 60.7 cm³/mol. The molecule has 0 bridgehead atoms. The summed E-state index contributed by atoms with van der Waals surface area (Å²) in [4.78, 5) is 20.6. The molecule has 0 saturated carbocycles. The summed E-state index contributed by atoms with van der Waals surface area (Å²) in [5.41, 5.74) is 1.83. The lowest BCUT2D eigenvalue weighted by Crippen LogP contribution is -1.88. The Morgan fingerprint density at radius 1 is 1.44 bits per heavy atom. The van der Waals surface area contributed by atoms with Crippen LogP contribution in [0.3, 0.4) is 0 Å². The maximum absolute atomic E-state index is 10.6. The van der Waals surface area contributed by atoms with E-state index in [4.69, 9.17) is 0 Å². The fraction of sp³-hybridized carbons (Fsp3) is 0.100. The number of hydrogen-bond acceptors (Lipinski definition) is 4. The quantitative estimate of drug-likeness (QED) is 0.631. The van der Waals surface area contributed by atoms with Crippen molar-refractivity contribution in [2.24, 2.45) is 7.05 Å². The molecular weight excluding hydrogens is 224 g/mol. The number of fused-ring (bicyclic) bond motifs is 1. The van der Waals surface area contributed by atoms with Crippen molar-refractivity contribution >= 4 is 22.6 Å². The standard InChI is InChI=1S/C10H8N4OS/c1-13-6-11-2-9(13)8-4-14-3-7(5-15)16-10(14)12-8/h2-6H,1H3. The molecule has 3 aromatic heterocycles. The van der Waals surface area contributed by atoms with Crippen LogP contribution in [0, 0.1) is 0 Å². The number of aromatic nitrogens is 4. The number of hydrogen-bond donors (Lipinski definition) is 0. The van der Waals surface area contributed by atoms with Crippen LogP contribution in [-0.2, 0) is 7.05 Å². The molecule has 0 fully saturated rings. The Morgan fingerprint density at radius 3 is 2.94 bits per heavy atom. The van der Waals surface area contributed by atoms with Crippen molar-refractivity contribution < 1.29 is 4.79 Å². The first-order chi connectivity index (χ1) is 7.78. The van der Waals surface area contributed by atoms with Crippen LogP contribution < -0.4 is 0 Å². The number of imidazole rings is 2. The minimum Gasteiger partial charge on any atom is -0.332 e. The number of thiazole rings is 1. The van der Waals surface area contributed by atoms with Crippen LogP contribution in [0.15, 0.2) is 24.9 Å². The first kappa shape index (κ1) is 9.29. The van der Waals surface area contributed by atoms with Gasteiger partial charge in [0, 0.05) is 19.4 Å². The fourth-order valence-corrected chi connectivity index (χ4v) is 2.38. The second kappa shape index (κ2) is 3.28. The smallest absolute Gasteiger partial charge is 0.194 e. The molecule has 0 atom stereocenters.